The number of fused-ring (bicyclic) bond motifs is 1. The number of hydrogen-bond donors (Lipinski definition) is 2. The highest BCUT2D eigenvalue weighted by Gasteiger charge is 2.10. The molecule has 0 radical (unpaired) electrons. The second-order valence-electron chi connectivity index (χ2n) is 7.93. The number of imidazole rings is 1. The van der Waals surface area contributed by atoms with Crippen LogP contribution in [-0.2, 0) is 11.1 Å². The topological polar surface area (TPSA) is 93.3 Å². The van der Waals surface area contributed by atoms with Crippen LogP contribution in [0.25, 0.3) is 11.2 Å². The molecule has 0 aliphatic heterocycles. The summed E-state index contributed by atoms with van der Waals surface area (Å²) in [6.07, 6.45) is 19.1. The standard InChI is InChI=1S/C21H35Cl2N4O3P/c22-19-18-20(26-21(23)25-19)24-17-27(18)15-13-11-9-7-5-3-1-2-4-6-8-10-12-14-16-30-31(28)29/h17,28-29H,1-16H2. The van der Waals surface area contributed by atoms with Gasteiger partial charge in [0.1, 0.15) is 5.52 Å². The molecule has 10 heteroatoms. The summed E-state index contributed by atoms with van der Waals surface area (Å²) in [6, 6.07) is 0. The van der Waals surface area contributed by atoms with E-state index in [0.717, 1.165) is 31.3 Å². The van der Waals surface area contributed by atoms with Crippen molar-refractivity contribution in [2.24, 2.45) is 0 Å². The van der Waals surface area contributed by atoms with Crippen LogP contribution in [0.1, 0.15) is 89.9 Å². The highest BCUT2D eigenvalue weighted by molar-refractivity contribution is 7.39. The Balaban J connectivity index is 1.37. The van der Waals surface area contributed by atoms with Gasteiger partial charge in [0.2, 0.25) is 5.28 Å². The van der Waals surface area contributed by atoms with Crippen molar-refractivity contribution in [3.63, 3.8) is 0 Å². The molecule has 0 unspecified atom stereocenters. The first-order valence-electron chi connectivity index (χ1n) is 11.4. The molecule has 0 amide bonds. The zero-order chi connectivity index (χ0) is 22.3. The molecule has 0 saturated carbocycles. The summed E-state index contributed by atoms with van der Waals surface area (Å²) in [5.41, 5.74) is 1.32. The number of halogens is 2. The van der Waals surface area contributed by atoms with Gasteiger partial charge in [-0.2, -0.15) is 4.98 Å². The summed E-state index contributed by atoms with van der Waals surface area (Å²) >= 11 is 12.0. The number of aromatic nitrogens is 4. The van der Waals surface area contributed by atoms with Crippen molar-refractivity contribution in [3.8, 4) is 0 Å². The number of hydrogen-bond acceptors (Lipinski definition) is 6. The molecule has 2 heterocycles. The second kappa shape index (κ2) is 16.1. The molecule has 0 saturated heterocycles. The fraction of sp³-hybridized carbons (Fsp3) is 0.762. The monoisotopic (exact) mass is 492 g/mol. The highest BCUT2D eigenvalue weighted by Crippen LogP contribution is 2.24. The van der Waals surface area contributed by atoms with Crippen molar-refractivity contribution in [3.05, 3.63) is 16.8 Å². The van der Waals surface area contributed by atoms with Crippen molar-refractivity contribution < 1.29 is 14.3 Å². The van der Waals surface area contributed by atoms with Crippen molar-refractivity contribution in [2.75, 3.05) is 6.61 Å². The molecule has 31 heavy (non-hydrogen) atoms. The van der Waals surface area contributed by atoms with Gasteiger partial charge in [0.25, 0.3) is 0 Å². The summed E-state index contributed by atoms with van der Waals surface area (Å²) < 4.78 is 6.77. The van der Waals surface area contributed by atoms with E-state index in [1.807, 2.05) is 4.57 Å². The lowest BCUT2D eigenvalue weighted by molar-refractivity contribution is 0.248. The van der Waals surface area contributed by atoms with Gasteiger partial charge >= 0.3 is 8.60 Å². The quantitative estimate of drug-likeness (QED) is 0.102. The third kappa shape index (κ3) is 11.2. The molecule has 2 rings (SSSR count). The van der Waals surface area contributed by atoms with Crippen LogP contribution in [0.2, 0.25) is 10.4 Å². The second-order valence-corrected chi connectivity index (χ2v) is 9.39. The van der Waals surface area contributed by atoms with E-state index in [1.165, 1.54) is 70.6 Å². The SMILES string of the molecule is OP(O)OCCCCCCCCCCCCCCCCn1cnc2nc(Cl)nc(Cl)c21. The van der Waals surface area contributed by atoms with Gasteiger partial charge in [-0.05, 0) is 24.4 Å². The minimum Gasteiger partial charge on any atom is -0.328 e. The Kier molecular flexibility index (Phi) is 13.9. The van der Waals surface area contributed by atoms with Gasteiger partial charge in [-0.25, -0.2) is 9.97 Å². The summed E-state index contributed by atoms with van der Waals surface area (Å²) in [6.45, 7) is 1.33. The predicted octanol–water partition coefficient (Wildman–Crippen LogP) is 6.82. The maximum Gasteiger partial charge on any atom is 0.327 e. The van der Waals surface area contributed by atoms with Crippen LogP contribution in [0, 0.1) is 0 Å². The third-order valence-corrected chi connectivity index (χ3v) is 6.25. The average Bonchev–Trinajstić information content (AvgIpc) is 3.13. The summed E-state index contributed by atoms with van der Waals surface area (Å²) in [4.78, 5) is 29.6. The van der Waals surface area contributed by atoms with Crippen molar-refractivity contribution in [1.29, 1.82) is 0 Å². The van der Waals surface area contributed by atoms with Gasteiger partial charge in [0, 0.05) is 6.54 Å². The van der Waals surface area contributed by atoms with Gasteiger partial charge in [-0.1, -0.05) is 88.7 Å². The van der Waals surface area contributed by atoms with Crippen LogP contribution in [-0.4, -0.2) is 35.9 Å². The minimum absolute atomic E-state index is 0.131. The molecular weight excluding hydrogens is 458 g/mol. The average molecular weight is 493 g/mol. The molecule has 2 N–H and O–H groups in total. The van der Waals surface area contributed by atoms with Gasteiger partial charge in [0.05, 0.1) is 12.9 Å². The highest BCUT2D eigenvalue weighted by atomic mass is 35.5. The Morgan fingerprint density at radius 1 is 0.774 bits per heavy atom. The number of nitrogens with zero attached hydrogens (tertiary/aromatic N) is 4. The Morgan fingerprint density at radius 3 is 1.84 bits per heavy atom. The molecular formula is C21H35Cl2N4O3P. The van der Waals surface area contributed by atoms with Crippen LogP contribution >= 0.6 is 31.8 Å². The summed E-state index contributed by atoms with van der Waals surface area (Å²) in [5, 5.41) is 0.493. The van der Waals surface area contributed by atoms with Crippen LogP contribution in [0.15, 0.2) is 6.33 Å². The number of unbranched alkanes of at least 4 members (excludes halogenated alkanes) is 13. The van der Waals surface area contributed by atoms with Crippen LogP contribution in [0.3, 0.4) is 0 Å². The molecule has 7 nitrogen and oxygen atoms in total. The molecule has 0 fully saturated rings. The van der Waals surface area contributed by atoms with Crippen LogP contribution in [0.4, 0.5) is 0 Å². The first-order valence-corrected chi connectivity index (χ1v) is 13.3. The Morgan fingerprint density at radius 2 is 1.29 bits per heavy atom. The molecule has 0 aliphatic rings. The molecule has 2 aromatic heterocycles. The smallest absolute Gasteiger partial charge is 0.327 e. The van der Waals surface area contributed by atoms with Crippen molar-refractivity contribution >= 4 is 43.0 Å². The third-order valence-electron chi connectivity index (χ3n) is 5.40. The molecule has 0 aromatic carbocycles. The van der Waals surface area contributed by atoms with Crippen molar-refractivity contribution in [2.45, 2.75) is 96.4 Å². The number of rotatable bonds is 18. The van der Waals surface area contributed by atoms with Gasteiger partial charge in [-0.3, -0.25) is 0 Å². The molecule has 0 atom stereocenters. The predicted molar refractivity (Wildman–Crippen MR) is 127 cm³/mol. The largest absolute Gasteiger partial charge is 0.328 e. The van der Waals surface area contributed by atoms with Crippen LogP contribution in [0.5, 0.6) is 0 Å². The van der Waals surface area contributed by atoms with Crippen molar-refractivity contribution in [1.82, 2.24) is 19.5 Å². The van der Waals surface area contributed by atoms with Gasteiger partial charge in [0.15, 0.2) is 10.8 Å². The van der Waals surface area contributed by atoms with E-state index >= 15 is 0 Å². The zero-order valence-corrected chi connectivity index (χ0v) is 20.6. The molecule has 0 bridgehead atoms. The maximum atomic E-state index is 8.63. The lowest BCUT2D eigenvalue weighted by Crippen LogP contribution is -1.98. The van der Waals surface area contributed by atoms with E-state index in [9.17, 15) is 0 Å². The van der Waals surface area contributed by atoms with Gasteiger partial charge in [-0.15, -0.1) is 0 Å². The Labute approximate surface area is 196 Å². The Bertz CT molecular complexity index is 749. The van der Waals surface area contributed by atoms with Gasteiger partial charge < -0.3 is 18.9 Å². The van der Waals surface area contributed by atoms with E-state index in [4.69, 9.17) is 37.5 Å². The van der Waals surface area contributed by atoms with Crippen LogP contribution < -0.4 is 0 Å². The fourth-order valence-corrected chi connectivity index (χ4v) is 4.51. The first kappa shape index (κ1) is 26.7. The van der Waals surface area contributed by atoms with E-state index in [2.05, 4.69) is 15.0 Å². The minimum atomic E-state index is -2.17. The van der Waals surface area contributed by atoms with E-state index < -0.39 is 8.60 Å². The summed E-state index contributed by atoms with van der Waals surface area (Å²) in [7, 11) is -2.17. The number of aryl methyl sites for hydroxylation is 1. The molecule has 0 spiro atoms. The fourth-order valence-electron chi connectivity index (χ4n) is 3.73. The lowest BCUT2D eigenvalue weighted by Gasteiger charge is -2.06. The van der Waals surface area contributed by atoms with E-state index in [1.54, 1.807) is 6.33 Å². The van der Waals surface area contributed by atoms with E-state index in [-0.39, 0.29) is 5.28 Å². The molecule has 176 valence electrons. The normalized spacial score (nSPS) is 11.8. The first-order chi connectivity index (χ1) is 15.1. The zero-order valence-electron chi connectivity index (χ0n) is 18.2. The lowest BCUT2D eigenvalue weighted by atomic mass is 10.0. The summed E-state index contributed by atoms with van der Waals surface area (Å²) in [5.74, 6) is 0. The Hall–Kier alpha value is -0.560. The maximum absolute atomic E-state index is 8.63. The molecule has 0 aliphatic carbocycles. The van der Waals surface area contributed by atoms with E-state index in [0.29, 0.717) is 17.4 Å². The molecule has 2 aromatic rings.